The van der Waals surface area contributed by atoms with Gasteiger partial charge in [-0.3, -0.25) is 10.1 Å². The Bertz CT molecular complexity index is 651. The second kappa shape index (κ2) is 7.81. The van der Waals surface area contributed by atoms with E-state index in [-0.39, 0.29) is 5.91 Å². The molecule has 0 aliphatic heterocycles. The van der Waals surface area contributed by atoms with Crippen molar-refractivity contribution >= 4 is 34.1 Å². The van der Waals surface area contributed by atoms with Crippen LogP contribution in [0.15, 0.2) is 35.2 Å². The van der Waals surface area contributed by atoms with Crippen LogP contribution in [0.5, 0.6) is 11.5 Å². The van der Waals surface area contributed by atoms with E-state index in [1.54, 1.807) is 24.3 Å². The minimum absolute atomic E-state index is 0.298. The normalized spacial score (nSPS) is 10.1. The summed E-state index contributed by atoms with van der Waals surface area (Å²) in [6.07, 6.45) is 1.78. The van der Waals surface area contributed by atoms with Gasteiger partial charge in [-0.15, -0.1) is 16.8 Å². The molecule has 2 rings (SSSR count). The molecule has 1 heterocycles. The molecule has 2 aromatic rings. The zero-order valence-corrected chi connectivity index (χ0v) is 13.8. The average molecular weight is 337 g/mol. The van der Waals surface area contributed by atoms with E-state index >= 15 is 0 Å². The summed E-state index contributed by atoms with van der Waals surface area (Å²) in [7, 11) is 3.06. The van der Waals surface area contributed by atoms with Crippen molar-refractivity contribution in [2.75, 3.05) is 25.3 Å². The SMILES string of the molecule is C=CCSc1nnc(NC(=O)c2cc(OC)cc(OC)c2)s1. The molecule has 0 aliphatic carbocycles. The molecule has 0 bridgehead atoms. The first-order valence-corrected chi connectivity index (χ1v) is 8.08. The van der Waals surface area contributed by atoms with Crippen molar-refractivity contribution in [3.8, 4) is 11.5 Å². The first-order valence-electron chi connectivity index (χ1n) is 6.28. The van der Waals surface area contributed by atoms with Gasteiger partial charge in [0.2, 0.25) is 5.13 Å². The van der Waals surface area contributed by atoms with Gasteiger partial charge in [0.1, 0.15) is 11.5 Å². The van der Waals surface area contributed by atoms with Crippen LogP contribution in [0.3, 0.4) is 0 Å². The second-order valence-electron chi connectivity index (χ2n) is 4.03. The van der Waals surface area contributed by atoms with E-state index in [2.05, 4.69) is 22.1 Å². The topological polar surface area (TPSA) is 73.3 Å². The van der Waals surface area contributed by atoms with Gasteiger partial charge in [0, 0.05) is 17.4 Å². The summed E-state index contributed by atoms with van der Waals surface area (Å²) in [5.41, 5.74) is 0.423. The fourth-order valence-electron chi connectivity index (χ4n) is 1.56. The molecule has 116 valence electrons. The van der Waals surface area contributed by atoms with Crippen molar-refractivity contribution in [1.29, 1.82) is 0 Å². The minimum atomic E-state index is -0.298. The monoisotopic (exact) mass is 337 g/mol. The molecule has 1 N–H and O–H groups in total. The number of carbonyl (C=O) groups excluding carboxylic acids is 1. The lowest BCUT2D eigenvalue weighted by atomic mass is 10.2. The summed E-state index contributed by atoms with van der Waals surface area (Å²) in [5.74, 6) is 1.54. The lowest BCUT2D eigenvalue weighted by Gasteiger charge is -2.07. The Balaban J connectivity index is 2.11. The summed E-state index contributed by atoms with van der Waals surface area (Å²) < 4.78 is 11.1. The molecule has 1 aromatic heterocycles. The number of methoxy groups -OCH3 is 2. The van der Waals surface area contributed by atoms with E-state index in [1.807, 2.05) is 0 Å². The van der Waals surface area contributed by atoms with Crippen LogP contribution in [0.4, 0.5) is 5.13 Å². The van der Waals surface area contributed by atoms with Crippen molar-refractivity contribution < 1.29 is 14.3 Å². The van der Waals surface area contributed by atoms with Gasteiger partial charge in [0.05, 0.1) is 14.2 Å². The fraction of sp³-hybridized carbons (Fsp3) is 0.214. The predicted octanol–water partition coefficient (Wildman–Crippen LogP) is 3.09. The van der Waals surface area contributed by atoms with E-state index in [9.17, 15) is 4.79 Å². The van der Waals surface area contributed by atoms with E-state index in [1.165, 1.54) is 37.3 Å². The van der Waals surface area contributed by atoms with Gasteiger partial charge in [0.25, 0.3) is 5.91 Å². The summed E-state index contributed by atoms with van der Waals surface area (Å²) in [6.45, 7) is 3.65. The Morgan fingerprint density at radius 2 is 2.00 bits per heavy atom. The molecule has 0 saturated heterocycles. The van der Waals surface area contributed by atoms with E-state index in [0.717, 1.165) is 10.1 Å². The maximum absolute atomic E-state index is 12.3. The Labute approximate surface area is 136 Å². The number of hydrogen-bond donors (Lipinski definition) is 1. The number of aromatic nitrogens is 2. The number of rotatable bonds is 7. The minimum Gasteiger partial charge on any atom is -0.497 e. The highest BCUT2D eigenvalue weighted by atomic mass is 32.2. The van der Waals surface area contributed by atoms with Crippen molar-refractivity contribution in [1.82, 2.24) is 10.2 Å². The van der Waals surface area contributed by atoms with Crippen LogP contribution >= 0.6 is 23.1 Å². The van der Waals surface area contributed by atoms with Crippen molar-refractivity contribution in [3.63, 3.8) is 0 Å². The molecule has 8 heteroatoms. The lowest BCUT2D eigenvalue weighted by Crippen LogP contribution is -2.12. The molecular formula is C14H15N3O3S2. The van der Waals surface area contributed by atoms with E-state index in [0.29, 0.717) is 22.2 Å². The van der Waals surface area contributed by atoms with Crippen molar-refractivity contribution in [2.24, 2.45) is 0 Å². The molecule has 1 aromatic carbocycles. The van der Waals surface area contributed by atoms with Gasteiger partial charge < -0.3 is 9.47 Å². The van der Waals surface area contributed by atoms with Crippen LogP contribution in [0.25, 0.3) is 0 Å². The van der Waals surface area contributed by atoms with Gasteiger partial charge in [-0.1, -0.05) is 29.2 Å². The molecular weight excluding hydrogens is 322 g/mol. The Morgan fingerprint density at radius 1 is 1.32 bits per heavy atom. The number of nitrogens with one attached hydrogen (secondary N) is 1. The number of hydrogen-bond acceptors (Lipinski definition) is 7. The Hall–Kier alpha value is -2.06. The highest BCUT2D eigenvalue weighted by molar-refractivity contribution is 8.01. The van der Waals surface area contributed by atoms with Gasteiger partial charge in [0.15, 0.2) is 4.34 Å². The Kier molecular flexibility index (Phi) is 5.79. The summed E-state index contributed by atoms with van der Waals surface area (Å²) in [4.78, 5) is 12.3. The van der Waals surface area contributed by atoms with Crippen LogP contribution in [0.2, 0.25) is 0 Å². The third-order valence-corrected chi connectivity index (χ3v) is 4.53. The molecule has 0 saturated carbocycles. The zero-order chi connectivity index (χ0) is 15.9. The molecule has 0 spiro atoms. The number of nitrogens with zero attached hydrogens (tertiary/aromatic N) is 2. The van der Waals surface area contributed by atoms with Gasteiger partial charge >= 0.3 is 0 Å². The second-order valence-corrected chi connectivity index (χ2v) is 6.27. The number of carbonyl (C=O) groups is 1. The first kappa shape index (κ1) is 16.3. The molecule has 22 heavy (non-hydrogen) atoms. The molecule has 0 unspecified atom stereocenters. The zero-order valence-electron chi connectivity index (χ0n) is 12.2. The third kappa shape index (κ3) is 4.22. The fourth-order valence-corrected chi connectivity index (χ4v) is 3.06. The van der Waals surface area contributed by atoms with Crippen LogP contribution in [0, 0.1) is 0 Å². The highest BCUT2D eigenvalue weighted by Gasteiger charge is 2.13. The first-order chi connectivity index (χ1) is 10.7. The quantitative estimate of drug-likeness (QED) is 0.475. The molecule has 0 fully saturated rings. The van der Waals surface area contributed by atoms with Crippen LogP contribution in [-0.2, 0) is 0 Å². The van der Waals surface area contributed by atoms with Crippen LogP contribution in [0.1, 0.15) is 10.4 Å². The number of anilines is 1. The molecule has 0 aliphatic rings. The average Bonchev–Trinajstić information content (AvgIpc) is 2.99. The summed E-state index contributed by atoms with van der Waals surface area (Å²) in [5, 5.41) is 11.1. The lowest BCUT2D eigenvalue weighted by molar-refractivity contribution is 0.102. The van der Waals surface area contributed by atoms with Crippen molar-refractivity contribution in [2.45, 2.75) is 4.34 Å². The summed E-state index contributed by atoms with van der Waals surface area (Å²) in [6, 6.07) is 4.96. The molecule has 1 amide bonds. The number of thioether (sulfide) groups is 1. The number of ether oxygens (including phenoxy) is 2. The highest BCUT2D eigenvalue weighted by Crippen LogP contribution is 2.27. The largest absolute Gasteiger partial charge is 0.497 e. The van der Waals surface area contributed by atoms with E-state index in [4.69, 9.17) is 9.47 Å². The van der Waals surface area contributed by atoms with Gasteiger partial charge in [-0.25, -0.2) is 0 Å². The van der Waals surface area contributed by atoms with Crippen LogP contribution in [-0.4, -0.2) is 36.1 Å². The number of benzene rings is 1. The van der Waals surface area contributed by atoms with Crippen LogP contribution < -0.4 is 14.8 Å². The number of amides is 1. The molecule has 0 atom stereocenters. The maximum atomic E-state index is 12.3. The van der Waals surface area contributed by atoms with Crippen molar-refractivity contribution in [3.05, 3.63) is 36.4 Å². The predicted molar refractivity (Wildman–Crippen MR) is 88.3 cm³/mol. The maximum Gasteiger partial charge on any atom is 0.257 e. The standard InChI is InChI=1S/C14H15N3O3S2/c1-4-5-21-14-17-16-13(22-14)15-12(18)9-6-10(19-2)8-11(7-9)20-3/h4,6-8H,1,5H2,2-3H3,(H,15,16,18). The van der Waals surface area contributed by atoms with E-state index < -0.39 is 0 Å². The summed E-state index contributed by atoms with van der Waals surface area (Å²) >= 11 is 2.83. The van der Waals surface area contributed by atoms with Gasteiger partial charge in [-0.05, 0) is 12.1 Å². The third-order valence-electron chi connectivity index (χ3n) is 2.57. The Morgan fingerprint density at radius 3 is 2.59 bits per heavy atom. The van der Waals surface area contributed by atoms with Gasteiger partial charge in [-0.2, -0.15) is 0 Å². The molecule has 6 nitrogen and oxygen atoms in total. The smallest absolute Gasteiger partial charge is 0.257 e. The molecule has 0 radical (unpaired) electrons.